The lowest BCUT2D eigenvalue weighted by atomic mass is 10.1. The smallest absolute Gasteiger partial charge is 0.289 e. The molecule has 3 rings (SSSR count). The maximum absolute atomic E-state index is 12.4. The maximum atomic E-state index is 12.4. The second-order valence-electron chi connectivity index (χ2n) is 6.82. The van der Waals surface area contributed by atoms with Crippen molar-refractivity contribution < 1.29 is 14.7 Å². The van der Waals surface area contributed by atoms with E-state index in [1.54, 1.807) is 24.7 Å². The normalized spacial score (nSPS) is 14.0. The monoisotopic (exact) mass is 436 g/mol. The number of aliphatic hydroxyl groups is 1. The third kappa shape index (κ3) is 5.52. The fraction of sp³-hybridized carbons (Fsp3) is 0.350. The van der Waals surface area contributed by atoms with Crippen molar-refractivity contribution in [3.05, 3.63) is 63.9 Å². The number of benzene rings is 1. The molecule has 0 spiro atoms. The molecule has 1 aliphatic heterocycles. The minimum absolute atomic E-state index is 0.118. The Balaban J connectivity index is 1.42. The van der Waals surface area contributed by atoms with Crippen LogP contribution in [0.15, 0.2) is 48.3 Å². The second-order valence-corrected chi connectivity index (χ2v) is 7.63. The van der Waals surface area contributed by atoms with Gasteiger partial charge in [0.2, 0.25) is 0 Å². The fourth-order valence-electron chi connectivity index (χ4n) is 3.14. The number of halogens is 2. The molecule has 0 radical (unpaired) electrons. The topological polar surface area (TPSA) is 87.5 Å². The van der Waals surface area contributed by atoms with Gasteiger partial charge in [-0.05, 0) is 37.0 Å². The second kappa shape index (κ2) is 9.80. The van der Waals surface area contributed by atoms with Crippen molar-refractivity contribution >= 4 is 35.0 Å². The van der Waals surface area contributed by atoms with Gasteiger partial charge in [-0.3, -0.25) is 9.59 Å². The van der Waals surface area contributed by atoms with Gasteiger partial charge in [-0.25, -0.2) is 4.98 Å². The number of imidazole rings is 1. The van der Waals surface area contributed by atoms with Gasteiger partial charge in [-0.15, -0.1) is 0 Å². The maximum Gasteiger partial charge on any atom is 0.289 e. The summed E-state index contributed by atoms with van der Waals surface area (Å²) in [4.78, 5) is 30.0. The van der Waals surface area contributed by atoms with Crippen LogP contribution in [0.25, 0.3) is 0 Å². The van der Waals surface area contributed by atoms with Crippen molar-refractivity contribution in [1.29, 1.82) is 0 Å². The molecule has 1 aliphatic rings. The number of carbonyl (C=O) groups is 2. The van der Waals surface area contributed by atoms with E-state index in [0.29, 0.717) is 42.5 Å². The molecule has 9 heteroatoms. The number of carbonyl (C=O) groups excluding carboxylic acids is 2. The van der Waals surface area contributed by atoms with Gasteiger partial charge in [0.1, 0.15) is 0 Å². The molecular weight excluding hydrogens is 415 g/mol. The van der Waals surface area contributed by atoms with E-state index in [-0.39, 0.29) is 12.1 Å². The largest absolute Gasteiger partial charge is 0.503 e. The fourth-order valence-corrected chi connectivity index (χ4v) is 3.46. The summed E-state index contributed by atoms with van der Waals surface area (Å²) in [5, 5.41) is 13.8. The van der Waals surface area contributed by atoms with Crippen LogP contribution >= 0.6 is 23.2 Å². The Labute approximate surface area is 178 Å². The highest BCUT2D eigenvalue weighted by atomic mass is 35.5. The number of aromatic nitrogens is 2. The van der Waals surface area contributed by atoms with Gasteiger partial charge in [0.15, 0.2) is 5.76 Å². The molecule has 1 aromatic carbocycles. The number of nitrogens with one attached hydrogen (secondary N) is 1. The first kappa shape index (κ1) is 21.2. The first-order valence-electron chi connectivity index (χ1n) is 9.35. The van der Waals surface area contributed by atoms with Gasteiger partial charge in [-0.2, -0.15) is 0 Å². The summed E-state index contributed by atoms with van der Waals surface area (Å²) in [5.74, 6) is -1.38. The van der Waals surface area contributed by atoms with Crippen LogP contribution in [0.5, 0.6) is 0 Å². The summed E-state index contributed by atoms with van der Waals surface area (Å²) in [6.45, 7) is 1.70. The number of amides is 2. The summed E-state index contributed by atoms with van der Waals surface area (Å²) >= 11 is 11.9. The molecule has 0 saturated heterocycles. The summed E-state index contributed by atoms with van der Waals surface area (Å²) in [6, 6.07) is 5.44. The Morgan fingerprint density at radius 1 is 1.21 bits per heavy atom. The number of rotatable bonds is 9. The number of nitrogens with zero attached hydrogens (tertiary/aromatic N) is 3. The molecule has 0 atom stereocenters. The predicted octanol–water partition coefficient (Wildman–Crippen LogP) is 2.98. The molecule has 0 fully saturated rings. The van der Waals surface area contributed by atoms with Crippen LogP contribution in [-0.4, -0.2) is 51.0 Å². The average molecular weight is 437 g/mol. The number of aryl methyl sites for hydroxylation is 2. The van der Waals surface area contributed by atoms with Crippen LogP contribution in [-0.2, 0) is 22.6 Å². The summed E-state index contributed by atoms with van der Waals surface area (Å²) in [6.07, 6.45) is 7.37. The zero-order valence-electron chi connectivity index (χ0n) is 15.8. The lowest BCUT2D eigenvalue weighted by molar-refractivity contribution is -0.127. The molecular formula is C20H22Cl2N4O3. The molecule has 1 aromatic heterocycles. The summed E-state index contributed by atoms with van der Waals surface area (Å²) < 4.78 is 1.91. The predicted molar refractivity (Wildman–Crippen MR) is 111 cm³/mol. The van der Waals surface area contributed by atoms with E-state index in [9.17, 15) is 14.7 Å². The van der Waals surface area contributed by atoms with Crippen LogP contribution in [0, 0.1) is 0 Å². The van der Waals surface area contributed by atoms with E-state index < -0.39 is 17.6 Å². The van der Waals surface area contributed by atoms with Gasteiger partial charge in [0, 0.05) is 32.0 Å². The Morgan fingerprint density at radius 3 is 2.76 bits per heavy atom. The Bertz CT molecular complexity index is 912. The Kier molecular flexibility index (Phi) is 7.17. The van der Waals surface area contributed by atoms with Gasteiger partial charge in [-0.1, -0.05) is 29.3 Å². The highest BCUT2D eigenvalue weighted by Crippen LogP contribution is 2.23. The van der Waals surface area contributed by atoms with Gasteiger partial charge in [0.05, 0.1) is 28.5 Å². The van der Waals surface area contributed by atoms with E-state index >= 15 is 0 Å². The number of aliphatic hydroxyl groups excluding tert-OH is 1. The van der Waals surface area contributed by atoms with Crippen LogP contribution < -0.4 is 5.32 Å². The zero-order valence-corrected chi connectivity index (χ0v) is 17.3. The number of hydrogen-bond donors (Lipinski definition) is 2. The van der Waals surface area contributed by atoms with Gasteiger partial charge >= 0.3 is 0 Å². The molecule has 0 aliphatic carbocycles. The highest BCUT2D eigenvalue weighted by molar-refractivity contribution is 6.42. The van der Waals surface area contributed by atoms with Crippen molar-refractivity contribution in [2.75, 3.05) is 19.6 Å². The van der Waals surface area contributed by atoms with Gasteiger partial charge in [0.25, 0.3) is 11.8 Å². The highest BCUT2D eigenvalue weighted by Gasteiger charge is 2.33. The molecule has 0 saturated carbocycles. The Hall–Kier alpha value is -2.51. The van der Waals surface area contributed by atoms with Crippen LogP contribution in [0.2, 0.25) is 10.0 Å². The van der Waals surface area contributed by atoms with Crippen molar-refractivity contribution in [1.82, 2.24) is 19.8 Å². The molecule has 2 N–H and O–H groups in total. The molecule has 154 valence electrons. The van der Waals surface area contributed by atoms with E-state index in [1.165, 1.54) is 4.90 Å². The lowest BCUT2D eigenvalue weighted by Gasteiger charge is -2.16. The third-order valence-electron chi connectivity index (χ3n) is 4.71. The van der Waals surface area contributed by atoms with Crippen molar-refractivity contribution in [2.24, 2.45) is 0 Å². The molecule has 0 bridgehead atoms. The van der Waals surface area contributed by atoms with Crippen LogP contribution in [0.1, 0.15) is 18.4 Å². The minimum Gasteiger partial charge on any atom is -0.503 e. The molecule has 2 heterocycles. The summed E-state index contributed by atoms with van der Waals surface area (Å²) in [5.41, 5.74) is 1.14. The van der Waals surface area contributed by atoms with E-state index in [0.717, 1.165) is 12.0 Å². The molecule has 7 nitrogen and oxygen atoms in total. The molecule has 0 unspecified atom stereocenters. The third-order valence-corrected chi connectivity index (χ3v) is 5.45. The van der Waals surface area contributed by atoms with Crippen molar-refractivity contribution in [3.8, 4) is 0 Å². The standard InChI is InChI=1S/C20H22Cl2N4O3/c21-16-5-4-14(11-17(16)22)3-1-6-24-19(28)15-12-26(20(29)18(15)27)9-2-8-25-10-7-23-13-25/h4-5,7,10-11,13,27H,1-3,6,8-9,12H2,(H,24,28). The van der Waals surface area contributed by atoms with E-state index in [1.807, 2.05) is 16.8 Å². The summed E-state index contributed by atoms with van der Waals surface area (Å²) in [7, 11) is 0. The molecule has 2 amide bonds. The van der Waals surface area contributed by atoms with Gasteiger partial charge < -0.3 is 19.9 Å². The van der Waals surface area contributed by atoms with Crippen LogP contribution in [0.4, 0.5) is 0 Å². The van der Waals surface area contributed by atoms with E-state index in [4.69, 9.17) is 23.2 Å². The first-order chi connectivity index (χ1) is 14.0. The molecule has 29 heavy (non-hydrogen) atoms. The van der Waals surface area contributed by atoms with Crippen molar-refractivity contribution in [3.63, 3.8) is 0 Å². The van der Waals surface area contributed by atoms with E-state index in [2.05, 4.69) is 10.3 Å². The minimum atomic E-state index is -0.503. The number of hydrogen-bond acceptors (Lipinski definition) is 4. The molecule has 2 aromatic rings. The zero-order chi connectivity index (χ0) is 20.8. The SMILES string of the molecule is O=C(NCCCc1ccc(Cl)c(Cl)c1)C1=C(O)C(=O)N(CCCn2ccnc2)C1. The van der Waals surface area contributed by atoms with Crippen molar-refractivity contribution in [2.45, 2.75) is 25.8 Å². The Morgan fingerprint density at radius 2 is 2.03 bits per heavy atom. The quantitative estimate of drug-likeness (QED) is 0.591. The van der Waals surface area contributed by atoms with Crippen LogP contribution in [0.3, 0.4) is 0 Å². The average Bonchev–Trinajstić information content (AvgIpc) is 3.31. The lowest BCUT2D eigenvalue weighted by Crippen LogP contribution is -2.31. The first-order valence-corrected chi connectivity index (χ1v) is 10.1.